The van der Waals surface area contributed by atoms with Crippen LogP contribution in [0.4, 0.5) is 5.69 Å². The number of amides is 1. The molecule has 1 aliphatic heterocycles. The van der Waals surface area contributed by atoms with Gasteiger partial charge < -0.3 is 19.3 Å². The van der Waals surface area contributed by atoms with Gasteiger partial charge in [0, 0.05) is 47.2 Å². The predicted molar refractivity (Wildman–Crippen MR) is 150 cm³/mol. The van der Waals surface area contributed by atoms with Gasteiger partial charge in [-0.05, 0) is 73.9 Å². The summed E-state index contributed by atoms with van der Waals surface area (Å²) in [6, 6.07) is 23.6. The number of aliphatic carboxylic acids is 1. The first-order valence-corrected chi connectivity index (χ1v) is 13.1. The number of hydrogen-bond acceptors (Lipinski definition) is 3. The van der Waals surface area contributed by atoms with E-state index in [4.69, 9.17) is 16.3 Å². The standard InChI is InChI=1S/C31H31ClN2O4/c1-20(35)34-26(14-22-6-4-5-7-29(22)34)19-38-27-12-13-28-23(16-27)15-25(17-31(2,3)30(36)37)33(28)18-21-8-10-24(32)11-9-21/h4-13,15-16,26H,14,17-19H2,1-3H3,(H,36,37)/t26-/m0/s1. The zero-order chi connectivity index (χ0) is 27.0. The van der Waals surface area contributed by atoms with E-state index in [1.165, 1.54) is 0 Å². The minimum absolute atomic E-state index is 0.00367. The zero-order valence-electron chi connectivity index (χ0n) is 21.8. The van der Waals surface area contributed by atoms with Crippen molar-refractivity contribution in [2.24, 2.45) is 5.41 Å². The number of carboxylic acid groups (broad SMARTS) is 1. The molecule has 5 rings (SSSR count). The molecule has 0 saturated heterocycles. The molecule has 2 heterocycles. The van der Waals surface area contributed by atoms with Gasteiger partial charge in [-0.15, -0.1) is 0 Å². The van der Waals surface area contributed by atoms with Crippen molar-refractivity contribution in [2.75, 3.05) is 11.5 Å². The SMILES string of the molecule is CC(=O)N1c2ccccc2C[C@H]1COc1ccc2c(c1)cc(CC(C)(C)C(=O)O)n2Cc1ccc(Cl)cc1. The summed E-state index contributed by atoms with van der Waals surface area (Å²) in [6.07, 6.45) is 1.14. The Morgan fingerprint density at radius 2 is 1.79 bits per heavy atom. The third-order valence-electron chi connectivity index (χ3n) is 7.27. The molecule has 0 aliphatic carbocycles. The lowest BCUT2D eigenvalue weighted by Gasteiger charge is -2.24. The largest absolute Gasteiger partial charge is 0.491 e. The van der Waals surface area contributed by atoms with Crippen LogP contribution in [0.5, 0.6) is 5.75 Å². The number of aromatic nitrogens is 1. The van der Waals surface area contributed by atoms with Crippen LogP contribution in [-0.2, 0) is 29.0 Å². The summed E-state index contributed by atoms with van der Waals surface area (Å²) in [4.78, 5) is 26.1. The molecule has 1 aliphatic rings. The first-order valence-electron chi connectivity index (χ1n) is 12.7. The molecule has 4 aromatic rings. The van der Waals surface area contributed by atoms with Crippen LogP contribution in [0.15, 0.2) is 72.8 Å². The highest BCUT2D eigenvalue weighted by atomic mass is 35.5. The van der Waals surface area contributed by atoms with E-state index in [1.54, 1.807) is 20.8 Å². The summed E-state index contributed by atoms with van der Waals surface area (Å²) in [7, 11) is 0. The molecule has 1 amide bonds. The Labute approximate surface area is 227 Å². The highest BCUT2D eigenvalue weighted by Crippen LogP contribution is 2.34. The summed E-state index contributed by atoms with van der Waals surface area (Å²) in [6.45, 7) is 6.05. The third-order valence-corrected chi connectivity index (χ3v) is 7.52. The van der Waals surface area contributed by atoms with Crippen molar-refractivity contribution in [2.45, 2.75) is 46.2 Å². The lowest BCUT2D eigenvalue weighted by molar-refractivity contribution is -0.146. The van der Waals surface area contributed by atoms with Crippen LogP contribution in [-0.4, -0.2) is 34.2 Å². The molecule has 1 N–H and O–H groups in total. The second-order valence-electron chi connectivity index (χ2n) is 10.6. The van der Waals surface area contributed by atoms with Gasteiger partial charge in [-0.2, -0.15) is 0 Å². The van der Waals surface area contributed by atoms with Crippen molar-refractivity contribution in [3.8, 4) is 5.75 Å². The van der Waals surface area contributed by atoms with Gasteiger partial charge in [0.25, 0.3) is 0 Å². The topological polar surface area (TPSA) is 71.8 Å². The minimum atomic E-state index is -0.918. The molecule has 7 heteroatoms. The number of carboxylic acids is 1. The van der Waals surface area contributed by atoms with Gasteiger partial charge in [-0.3, -0.25) is 9.59 Å². The number of carbonyl (C=O) groups excluding carboxylic acids is 1. The van der Waals surface area contributed by atoms with Crippen LogP contribution in [0.1, 0.15) is 37.6 Å². The fourth-order valence-corrected chi connectivity index (χ4v) is 5.37. The zero-order valence-corrected chi connectivity index (χ0v) is 22.5. The van der Waals surface area contributed by atoms with Crippen molar-refractivity contribution in [3.05, 3.63) is 94.6 Å². The second-order valence-corrected chi connectivity index (χ2v) is 11.1. The maximum absolute atomic E-state index is 12.4. The number of carbonyl (C=O) groups is 2. The van der Waals surface area contributed by atoms with Gasteiger partial charge in [-0.25, -0.2) is 0 Å². The van der Waals surface area contributed by atoms with Gasteiger partial charge in [0.2, 0.25) is 5.91 Å². The van der Waals surface area contributed by atoms with Crippen LogP contribution in [0.3, 0.4) is 0 Å². The fourth-order valence-electron chi connectivity index (χ4n) is 5.24. The number of anilines is 1. The predicted octanol–water partition coefficient (Wildman–Crippen LogP) is 6.35. The quantitative estimate of drug-likeness (QED) is 0.288. The Hall–Kier alpha value is -3.77. The molecule has 1 atom stereocenters. The second kappa shape index (κ2) is 10.2. The molecule has 3 aromatic carbocycles. The first kappa shape index (κ1) is 25.9. The number of hydrogen-bond donors (Lipinski definition) is 1. The number of fused-ring (bicyclic) bond motifs is 2. The number of ether oxygens (including phenoxy) is 1. The van der Waals surface area contributed by atoms with Gasteiger partial charge in [0.05, 0.1) is 11.5 Å². The van der Waals surface area contributed by atoms with E-state index in [0.717, 1.165) is 39.8 Å². The highest BCUT2D eigenvalue weighted by molar-refractivity contribution is 6.30. The lowest BCUT2D eigenvalue weighted by Crippen LogP contribution is -2.40. The summed E-state index contributed by atoms with van der Waals surface area (Å²) in [5.74, 6) is -0.119. The van der Waals surface area contributed by atoms with E-state index in [-0.39, 0.29) is 11.9 Å². The molecule has 0 bridgehead atoms. The van der Waals surface area contributed by atoms with Gasteiger partial charge in [-0.1, -0.05) is 41.9 Å². The smallest absolute Gasteiger partial charge is 0.309 e. The Morgan fingerprint density at radius 3 is 2.50 bits per heavy atom. The van der Waals surface area contributed by atoms with Gasteiger partial charge in [0.15, 0.2) is 0 Å². The van der Waals surface area contributed by atoms with Crippen molar-refractivity contribution in [1.82, 2.24) is 4.57 Å². The Balaban J connectivity index is 1.42. The number of nitrogens with zero attached hydrogens (tertiary/aromatic N) is 2. The van der Waals surface area contributed by atoms with E-state index < -0.39 is 11.4 Å². The van der Waals surface area contributed by atoms with E-state index in [9.17, 15) is 14.7 Å². The molecule has 6 nitrogen and oxygen atoms in total. The monoisotopic (exact) mass is 530 g/mol. The Bertz CT molecular complexity index is 1510. The molecular formula is C31H31ClN2O4. The van der Waals surface area contributed by atoms with Crippen molar-refractivity contribution < 1.29 is 19.4 Å². The van der Waals surface area contributed by atoms with Crippen LogP contribution in [0.25, 0.3) is 10.9 Å². The number of benzene rings is 3. The maximum Gasteiger partial charge on any atom is 0.309 e. The molecule has 0 fully saturated rings. The Kier molecular flexibility index (Phi) is 6.93. The fraction of sp³-hybridized carbons (Fsp3) is 0.290. The molecule has 0 unspecified atom stereocenters. The van der Waals surface area contributed by atoms with E-state index in [2.05, 4.69) is 16.7 Å². The normalized spacial score (nSPS) is 15.1. The molecule has 38 heavy (non-hydrogen) atoms. The van der Waals surface area contributed by atoms with E-state index in [0.29, 0.717) is 30.3 Å². The van der Waals surface area contributed by atoms with Crippen molar-refractivity contribution in [3.63, 3.8) is 0 Å². The van der Waals surface area contributed by atoms with E-state index >= 15 is 0 Å². The maximum atomic E-state index is 12.4. The summed E-state index contributed by atoms with van der Waals surface area (Å²) in [5, 5.41) is 11.4. The average molecular weight is 531 g/mol. The van der Waals surface area contributed by atoms with Crippen LogP contribution in [0, 0.1) is 5.41 Å². The molecule has 0 spiro atoms. The number of para-hydroxylation sites is 1. The molecule has 0 radical (unpaired) electrons. The lowest BCUT2D eigenvalue weighted by atomic mass is 9.88. The van der Waals surface area contributed by atoms with Crippen molar-refractivity contribution >= 4 is 40.1 Å². The summed E-state index contributed by atoms with van der Waals surface area (Å²) >= 11 is 6.08. The van der Waals surface area contributed by atoms with Crippen LogP contribution < -0.4 is 9.64 Å². The highest BCUT2D eigenvalue weighted by Gasteiger charge is 2.32. The third kappa shape index (κ3) is 5.14. The van der Waals surface area contributed by atoms with Crippen LogP contribution >= 0.6 is 11.6 Å². The molecular weight excluding hydrogens is 500 g/mol. The van der Waals surface area contributed by atoms with Gasteiger partial charge >= 0.3 is 5.97 Å². The first-order chi connectivity index (χ1) is 18.1. The Morgan fingerprint density at radius 1 is 1.05 bits per heavy atom. The van der Waals surface area contributed by atoms with Crippen LogP contribution in [0.2, 0.25) is 5.02 Å². The molecule has 196 valence electrons. The minimum Gasteiger partial charge on any atom is -0.491 e. The summed E-state index contributed by atoms with van der Waals surface area (Å²) < 4.78 is 8.38. The number of rotatable bonds is 8. The number of halogens is 1. The van der Waals surface area contributed by atoms with Crippen molar-refractivity contribution in [1.29, 1.82) is 0 Å². The average Bonchev–Trinajstić information content (AvgIpc) is 3.41. The summed E-state index contributed by atoms with van der Waals surface area (Å²) in [5.41, 5.74) is 4.20. The van der Waals surface area contributed by atoms with E-state index in [1.807, 2.05) is 65.6 Å². The molecule has 0 saturated carbocycles. The molecule has 1 aromatic heterocycles. The van der Waals surface area contributed by atoms with Gasteiger partial charge in [0.1, 0.15) is 12.4 Å².